The van der Waals surface area contributed by atoms with E-state index in [1.807, 2.05) is 12.1 Å². The molecule has 0 aliphatic rings. The molecule has 0 radical (unpaired) electrons. The van der Waals surface area contributed by atoms with E-state index in [0.717, 1.165) is 5.56 Å². The topological polar surface area (TPSA) is 105 Å². The predicted molar refractivity (Wildman–Crippen MR) is 67.9 cm³/mol. The number of H-pyrrole nitrogens is 1. The summed E-state index contributed by atoms with van der Waals surface area (Å²) < 4.78 is 5.11. The van der Waals surface area contributed by atoms with Crippen LogP contribution in [-0.4, -0.2) is 23.1 Å². The van der Waals surface area contributed by atoms with Gasteiger partial charge in [0.2, 0.25) is 0 Å². The average molecular weight is 244 g/mol. The van der Waals surface area contributed by atoms with Crippen molar-refractivity contribution in [3.05, 3.63) is 46.2 Å². The highest BCUT2D eigenvalue weighted by molar-refractivity contribution is 5.95. The molecule has 0 amide bonds. The third-order valence-corrected chi connectivity index (χ3v) is 2.46. The number of aromatic amines is 1. The van der Waals surface area contributed by atoms with E-state index in [2.05, 4.69) is 10.2 Å². The maximum absolute atomic E-state index is 11.4. The SMILES string of the molecule is COc1cccc(-c2cc(C(=N)N)c(=O)[nH]n2)c1. The highest BCUT2D eigenvalue weighted by Crippen LogP contribution is 2.21. The number of rotatable bonds is 3. The summed E-state index contributed by atoms with van der Waals surface area (Å²) in [5.41, 5.74) is 6.25. The molecule has 1 heterocycles. The van der Waals surface area contributed by atoms with Gasteiger partial charge in [-0.15, -0.1) is 0 Å². The van der Waals surface area contributed by atoms with Crippen molar-refractivity contribution in [1.82, 2.24) is 10.2 Å². The molecular weight excluding hydrogens is 232 g/mol. The lowest BCUT2D eigenvalue weighted by molar-refractivity contribution is 0.415. The summed E-state index contributed by atoms with van der Waals surface area (Å²) in [7, 11) is 1.57. The van der Waals surface area contributed by atoms with Gasteiger partial charge in [-0.3, -0.25) is 10.2 Å². The number of ether oxygens (including phenoxy) is 1. The Kier molecular flexibility index (Phi) is 3.09. The maximum atomic E-state index is 11.4. The van der Waals surface area contributed by atoms with Crippen molar-refractivity contribution in [2.75, 3.05) is 7.11 Å². The number of aromatic nitrogens is 2. The zero-order valence-electron chi connectivity index (χ0n) is 9.73. The zero-order chi connectivity index (χ0) is 13.1. The van der Waals surface area contributed by atoms with Crippen LogP contribution in [0, 0.1) is 5.41 Å². The van der Waals surface area contributed by atoms with E-state index in [-0.39, 0.29) is 11.4 Å². The molecular formula is C12H12N4O2. The molecule has 0 aliphatic carbocycles. The Morgan fingerprint density at radius 2 is 2.22 bits per heavy atom. The number of nitrogens with zero attached hydrogens (tertiary/aromatic N) is 1. The highest BCUT2D eigenvalue weighted by Gasteiger charge is 2.08. The molecule has 1 aromatic heterocycles. The molecule has 0 bridgehead atoms. The number of hydrogen-bond acceptors (Lipinski definition) is 4. The Labute approximate surface area is 103 Å². The summed E-state index contributed by atoms with van der Waals surface area (Å²) in [6.07, 6.45) is 0. The molecule has 0 unspecified atom stereocenters. The highest BCUT2D eigenvalue weighted by atomic mass is 16.5. The lowest BCUT2D eigenvalue weighted by Crippen LogP contribution is -2.24. The van der Waals surface area contributed by atoms with Crippen LogP contribution >= 0.6 is 0 Å². The molecule has 2 rings (SSSR count). The van der Waals surface area contributed by atoms with Crippen LogP contribution in [0.1, 0.15) is 5.56 Å². The fourth-order valence-electron chi connectivity index (χ4n) is 1.54. The number of nitrogens with one attached hydrogen (secondary N) is 2. The van der Waals surface area contributed by atoms with Gasteiger partial charge >= 0.3 is 0 Å². The number of nitrogens with two attached hydrogens (primary N) is 1. The van der Waals surface area contributed by atoms with Gasteiger partial charge in [0.15, 0.2) is 0 Å². The Balaban J connectivity index is 2.54. The van der Waals surface area contributed by atoms with Crippen molar-refractivity contribution in [1.29, 1.82) is 5.41 Å². The average Bonchev–Trinajstić information content (AvgIpc) is 2.39. The second-order valence-electron chi connectivity index (χ2n) is 3.64. The summed E-state index contributed by atoms with van der Waals surface area (Å²) in [6.45, 7) is 0. The van der Waals surface area contributed by atoms with Crippen molar-refractivity contribution in [3.63, 3.8) is 0 Å². The molecule has 0 saturated carbocycles. The van der Waals surface area contributed by atoms with Gasteiger partial charge in [-0.05, 0) is 18.2 Å². The minimum absolute atomic E-state index is 0.0998. The van der Waals surface area contributed by atoms with E-state index < -0.39 is 5.56 Å². The Morgan fingerprint density at radius 3 is 2.89 bits per heavy atom. The molecule has 0 fully saturated rings. The number of hydrogen-bond donors (Lipinski definition) is 3. The summed E-state index contributed by atoms with van der Waals surface area (Å²) in [4.78, 5) is 11.4. The largest absolute Gasteiger partial charge is 0.497 e. The van der Waals surface area contributed by atoms with Crippen molar-refractivity contribution < 1.29 is 4.74 Å². The van der Waals surface area contributed by atoms with Crippen LogP contribution in [0.4, 0.5) is 0 Å². The number of methoxy groups -OCH3 is 1. The van der Waals surface area contributed by atoms with Gasteiger partial charge in [0.05, 0.1) is 18.4 Å². The number of amidine groups is 1. The van der Waals surface area contributed by atoms with Crippen molar-refractivity contribution in [2.24, 2.45) is 5.73 Å². The molecule has 6 heteroatoms. The van der Waals surface area contributed by atoms with E-state index in [1.54, 1.807) is 19.2 Å². The van der Waals surface area contributed by atoms with Crippen molar-refractivity contribution >= 4 is 5.84 Å². The maximum Gasteiger partial charge on any atom is 0.275 e. The normalized spacial score (nSPS) is 10.1. The first-order valence-corrected chi connectivity index (χ1v) is 5.20. The summed E-state index contributed by atoms with van der Waals surface area (Å²) in [5.74, 6) is 0.396. The van der Waals surface area contributed by atoms with E-state index in [9.17, 15) is 4.79 Å². The lowest BCUT2D eigenvalue weighted by Gasteiger charge is -2.04. The minimum atomic E-state index is -0.478. The van der Waals surface area contributed by atoms with Gasteiger partial charge in [-0.2, -0.15) is 5.10 Å². The first-order chi connectivity index (χ1) is 8.61. The minimum Gasteiger partial charge on any atom is -0.497 e. The van der Waals surface area contributed by atoms with Gasteiger partial charge in [0.25, 0.3) is 5.56 Å². The molecule has 0 aliphatic heterocycles. The standard InChI is InChI=1S/C12H12N4O2/c1-18-8-4-2-3-7(5-8)10-6-9(11(13)14)12(17)16-15-10/h2-6H,1H3,(H3,13,14)(H,16,17). The third-order valence-electron chi connectivity index (χ3n) is 2.46. The summed E-state index contributed by atoms with van der Waals surface area (Å²) in [5, 5.41) is 13.6. The quantitative estimate of drug-likeness (QED) is 0.546. The fourth-order valence-corrected chi connectivity index (χ4v) is 1.54. The molecule has 6 nitrogen and oxygen atoms in total. The van der Waals surface area contributed by atoms with Gasteiger partial charge in [-0.1, -0.05) is 12.1 Å². The lowest BCUT2D eigenvalue weighted by atomic mass is 10.1. The molecule has 2 aromatic rings. The van der Waals surface area contributed by atoms with E-state index in [1.165, 1.54) is 6.07 Å². The summed E-state index contributed by atoms with van der Waals surface area (Å²) in [6, 6.07) is 8.71. The van der Waals surface area contributed by atoms with Gasteiger partial charge in [-0.25, -0.2) is 5.10 Å². The zero-order valence-corrected chi connectivity index (χ0v) is 9.73. The molecule has 1 aromatic carbocycles. The monoisotopic (exact) mass is 244 g/mol. The van der Waals surface area contributed by atoms with E-state index >= 15 is 0 Å². The number of nitrogen functional groups attached to an aromatic ring is 1. The van der Waals surface area contributed by atoms with Crippen LogP contribution in [0.5, 0.6) is 5.75 Å². The third kappa shape index (κ3) is 2.22. The summed E-state index contributed by atoms with van der Waals surface area (Å²) >= 11 is 0. The van der Waals surface area contributed by atoms with Crippen LogP contribution in [0.25, 0.3) is 11.3 Å². The Bertz CT molecular complexity index is 649. The van der Waals surface area contributed by atoms with Crippen LogP contribution in [0.3, 0.4) is 0 Å². The van der Waals surface area contributed by atoms with Crippen molar-refractivity contribution in [3.8, 4) is 17.0 Å². The predicted octanol–water partition coefficient (Wildman–Crippen LogP) is 0.730. The van der Waals surface area contributed by atoms with E-state index in [4.69, 9.17) is 15.9 Å². The van der Waals surface area contributed by atoms with Crippen LogP contribution in [0.2, 0.25) is 0 Å². The second-order valence-corrected chi connectivity index (χ2v) is 3.64. The van der Waals surface area contributed by atoms with E-state index in [0.29, 0.717) is 11.4 Å². The number of benzene rings is 1. The second kappa shape index (κ2) is 4.70. The Hall–Kier alpha value is -2.63. The molecule has 92 valence electrons. The van der Waals surface area contributed by atoms with Crippen LogP contribution in [-0.2, 0) is 0 Å². The molecule has 0 saturated heterocycles. The van der Waals surface area contributed by atoms with Gasteiger partial charge < -0.3 is 10.5 Å². The van der Waals surface area contributed by atoms with Gasteiger partial charge in [0, 0.05) is 5.56 Å². The molecule has 0 spiro atoms. The van der Waals surface area contributed by atoms with Crippen LogP contribution in [0.15, 0.2) is 35.1 Å². The first kappa shape index (κ1) is 11.8. The fraction of sp³-hybridized carbons (Fsp3) is 0.0833. The van der Waals surface area contributed by atoms with Gasteiger partial charge in [0.1, 0.15) is 11.6 Å². The molecule has 0 atom stereocenters. The van der Waals surface area contributed by atoms with Crippen molar-refractivity contribution in [2.45, 2.75) is 0 Å². The Morgan fingerprint density at radius 1 is 1.44 bits per heavy atom. The first-order valence-electron chi connectivity index (χ1n) is 5.20. The molecule has 18 heavy (non-hydrogen) atoms. The smallest absolute Gasteiger partial charge is 0.275 e. The molecule has 4 N–H and O–H groups in total. The van der Waals surface area contributed by atoms with Crippen LogP contribution < -0.4 is 16.0 Å².